The van der Waals surface area contributed by atoms with Crippen LogP contribution in [0.1, 0.15) is 43.4 Å². The molecule has 0 radical (unpaired) electrons. The number of hydrogen-bond donors (Lipinski definition) is 1. The Morgan fingerprint density at radius 3 is 2.59 bits per heavy atom. The van der Waals surface area contributed by atoms with E-state index < -0.39 is 17.6 Å². The number of para-hydroxylation sites is 1. The molecule has 164 valence electrons. The Morgan fingerprint density at radius 1 is 1.06 bits per heavy atom. The number of carbonyl (C=O) groups is 1. The molecule has 0 saturated heterocycles. The Labute approximate surface area is 184 Å². The van der Waals surface area contributed by atoms with Gasteiger partial charge in [0.1, 0.15) is 0 Å². The molecule has 1 aliphatic heterocycles. The molecule has 1 N–H and O–H groups in total. The van der Waals surface area contributed by atoms with E-state index in [4.69, 9.17) is 0 Å². The smallest absolute Gasteiger partial charge is 0.320 e. The number of rotatable bonds is 3. The molecule has 7 heteroatoms. The zero-order chi connectivity index (χ0) is 22.9. The monoisotopic (exact) mass is 437 g/mol. The summed E-state index contributed by atoms with van der Waals surface area (Å²) in [5.41, 5.74) is 3.62. The van der Waals surface area contributed by atoms with Crippen molar-refractivity contribution in [2.75, 3.05) is 0 Å². The summed E-state index contributed by atoms with van der Waals surface area (Å²) in [7, 11) is 0. The Bertz CT molecular complexity index is 1200. The van der Waals surface area contributed by atoms with Gasteiger partial charge in [-0.3, -0.25) is 9.79 Å². The SMILES string of the molecule is CC1=CCCC(C)=C1NC(=O)C1=Nc2ccccc2CN=C1c1cccc(C(F)(F)F)c1. The van der Waals surface area contributed by atoms with Gasteiger partial charge in [-0.05, 0) is 61.6 Å². The molecule has 0 spiro atoms. The van der Waals surface area contributed by atoms with Crippen LogP contribution in [0.15, 0.2) is 81.4 Å². The zero-order valence-corrected chi connectivity index (χ0v) is 17.8. The van der Waals surface area contributed by atoms with Crippen LogP contribution in [0.2, 0.25) is 0 Å². The van der Waals surface area contributed by atoms with Gasteiger partial charge in [-0.15, -0.1) is 0 Å². The molecule has 0 atom stereocenters. The lowest BCUT2D eigenvalue weighted by atomic mass is 9.97. The lowest BCUT2D eigenvalue weighted by molar-refractivity contribution is -0.137. The Morgan fingerprint density at radius 2 is 1.84 bits per heavy atom. The number of allylic oxidation sites excluding steroid dienone is 3. The maximum absolute atomic E-state index is 13.4. The van der Waals surface area contributed by atoms with Crippen LogP contribution in [0.4, 0.5) is 18.9 Å². The normalized spacial score (nSPS) is 16.5. The molecule has 0 unspecified atom stereocenters. The highest BCUT2D eigenvalue weighted by molar-refractivity contribution is 6.70. The van der Waals surface area contributed by atoms with E-state index in [1.165, 1.54) is 12.1 Å². The Kier molecular flexibility index (Phi) is 5.82. The molecule has 4 nitrogen and oxygen atoms in total. The number of nitrogens with zero attached hydrogens (tertiary/aromatic N) is 2. The summed E-state index contributed by atoms with van der Waals surface area (Å²) in [5.74, 6) is -0.498. The molecular weight excluding hydrogens is 415 g/mol. The van der Waals surface area contributed by atoms with Crippen molar-refractivity contribution in [2.45, 2.75) is 39.4 Å². The fourth-order valence-electron chi connectivity index (χ4n) is 3.84. The zero-order valence-electron chi connectivity index (χ0n) is 17.8. The largest absolute Gasteiger partial charge is 0.416 e. The number of amides is 1. The molecule has 1 amide bonds. The van der Waals surface area contributed by atoms with Gasteiger partial charge in [0.15, 0.2) is 5.71 Å². The number of fused-ring (bicyclic) bond motifs is 1. The van der Waals surface area contributed by atoms with Crippen molar-refractivity contribution >= 4 is 23.0 Å². The van der Waals surface area contributed by atoms with Gasteiger partial charge < -0.3 is 5.32 Å². The van der Waals surface area contributed by atoms with Crippen LogP contribution < -0.4 is 5.32 Å². The molecular formula is C25H22F3N3O. The highest BCUT2D eigenvalue weighted by atomic mass is 19.4. The quantitative estimate of drug-likeness (QED) is 0.638. The number of alkyl halides is 3. The number of benzene rings is 2. The van der Waals surface area contributed by atoms with Gasteiger partial charge in [-0.25, -0.2) is 4.99 Å². The fraction of sp³-hybridized carbons (Fsp3) is 0.240. The summed E-state index contributed by atoms with van der Waals surface area (Å²) in [6.07, 6.45) is -0.719. The predicted octanol–water partition coefficient (Wildman–Crippen LogP) is 5.91. The molecule has 0 fully saturated rings. The van der Waals surface area contributed by atoms with Crippen LogP contribution in [-0.2, 0) is 17.5 Å². The number of hydrogen-bond acceptors (Lipinski definition) is 3. The van der Waals surface area contributed by atoms with E-state index in [0.717, 1.165) is 47.4 Å². The summed E-state index contributed by atoms with van der Waals surface area (Å²) >= 11 is 0. The fourth-order valence-corrected chi connectivity index (χ4v) is 3.84. The van der Waals surface area contributed by atoms with Gasteiger partial charge in [0.25, 0.3) is 5.91 Å². The molecule has 1 aliphatic carbocycles. The lowest BCUT2D eigenvalue weighted by Gasteiger charge is -2.19. The van der Waals surface area contributed by atoms with Gasteiger partial charge in [0, 0.05) is 11.3 Å². The van der Waals surface area contributed by atoms with E-state index in [1.54, 1.807) is 12.1 Å². The average molecular weight is 437 g/mol. The van der Waals surface area contributed by atoms with Crippen molar-refractivity contribution in [1.29, 1.82) is 0 Å². The summed E-state index contributed by atoms with van der Waals surface area (Å²) in [5, 5.41) is 2.93. The van der Waals surface area contributed by atoms with Crippen molar-refractivity contribution in [1.82, 2.24) is 5.32 Å². The minimum Gasteiger partial charge on any atom is -0.320 e. The summed E-state index contributed by atoms with van der Waals surface area (Å²) in [4.78, 5) is 22.5. The molecule has 32 heavy (non-hydrogen) atoms. The lowest BCUT2D eigenvalue weighted by Crippen LogP contribution is -2.37. The number of aliphatic imine (C=N–C) groups is 2. The van der Waals surface area contributed by atoms with Crippen molar-refractivity contribution in [3.05, 3.63) is 88.1 Å². The standard InChI is InChI=1S/C25H22F3N3O/c1-15-7-5-8-16(2)21(15)31-24(32)23-22(17-10-6-11-19(13-17)25(26,27)28)29-14-18-9-3-4-12-20(18)30-23/h3-4,6-7,9-13H,5,8,14H2,1-2H3,(H,31,32). The summed E-state index contributed by atoms with van der Waals surface area (Å²) < 4.78 is 40.0. The van der Waals surface area contributed by atoms with Gasteiger partial charge in [-0.1, -0.05) is 36.4 Å². The van der Waals surface area contributed by atoms with E-state index in [0.29, 0.717) is 5.69 Å². The molecule has 1 heterocycles. The van der Waals surface area contributed by atoms with Gasteiger partial charge in [0.05, 0.1) is 23.5 Å². The number of nitrogens with one attached hydrogen (secondary N) is 1. The molecule has 0 aromatic heterocycles. The maximum atomic E-state index is 13.4. The highest BCUT2D eigenvalue weighted by Crippen LogP contribution is 2.31. The Hall–Kier alpha value is -3.48. The summed E-state index contributed by atoms with van der Waals surface area (Å²) in [6.45, 7) is 4.09. The topological polar surface area (TPSA) is 53.8 Å². The van der Waals surface area contributed by atoms with Crippen LogP contribution >= 0.6 is 0 Å². The van der Waals surface area contributed by atoms with Crippen LogP contribution in [0, 0.1) is 0 Å². The molecule has 2 aliphatic rings. The van der Waals surface area contributed by atoms with Gasteiger partial charge in [-0.2, -0.15) is 13.2 Å². The van der Waals surface area contributed by atoms with E-state index in [9.17, 15) is 18.0 Å². The third-order valence-corrected chi connectivity index (χ3v) is 5.56. The first kappa shape index (κ1) is 21.7. The minimum atomic E-state index is -4.50. The van der Waals surface area contributed by atoms with Crippen LogP contribution in [0.25, 0.3) is 0 Å². The second-order valence-corrected chi connectivity index (χ2v) is 7.87. The molecule has 2 aromatic rings. The van der Waals surface area contributed by atoms with Crippen LogP contribution in [0.3, 0.4) is 0 Å². The van der Waals surface area contributed by atoms with Crippen molar-refractivity contribution in [3.63, 3.8) is 0 Å². The number of halogens is 3. The van der Waals surface area contributed by atoms with E-state index in [1.807, 2.05) is 26.0 Å². The highest BCUT2D eigenvalue weighted by Gasteiger charge is 2.32. The second kappa shape index (κ2) is 8.57. The van der Waals surface area contributed by atoms with E-state index in [-0.39, 0.29) is 23.5 Å². The third-order valence-electron chi connectivity index (χ3n) is 5.56. The number of carbonyl (C=O) groups excluding carboxylic acids is 1. The second-order valence-electron chi connectivity index (χ2n) is 7.87. The third kappa shape index (κ3) is 4.42. The van der Waals surface area contributed by atoms with Crippen LogP contribution in [-0.4, -0.2) is 17.3 Å². The first-order valence-corrected chi connectivity index (χ1v) is 10.3. The average Bonchev–Trinajstić information content (AvgIpc) is 2.96. The predicted molar refractivity (Wildman–Crippen MR) is 119 cm³/mol. The van der Waals surface area contributed by atoms with E-state index in [2.05, 4.69) is 21.4 Å². The molecule has 0 saturated carbocycles. The van der Waals surface area contributed by atoms with E-state index >= 15 is 0 Å². The molecule has 4 rings (SSSR count). The first-order valence-electron chi connectivity index (χ1n) is 10.3. The molecule has 0 bridgehead atoms. The summed E-state index contributed by atoms with van der Waals surface area (Å²) in [6, 6.07) is 12.1. The molecule has 2 aromatic carbocycles. The van der Waals surface area contributed by atoms with Gasteiger partial charge >= 0.3 is 6.18 Å². The van der Waals surface area contributed by atoms with Gasteiger partial charge in [0.2, 0.25) is 0 Å². The van der Waals surface area contributed by atoms with Crippen molar-refractivity contribution in [3.8, 4) is 0 Å². The van der Waals surface area contributed by atoms with Crippen molar-refractivity contribution < 1.29 is 18.0 Å². The minimum absolute atomic E-state index is 0.00653. The van der Waals surface area contributed by atoms with Crippen molar-refractivity contribution in [2.24, 2.45) is 9.98 Å². The maximum Gasteiger partial charge on any atom is 0.416 e. The first-order chi connectivity index (χ1) is 15.2. The van der Waals surface area contributed by atoms with Crippen LogP contribution in [0.5, 0.6) is 0 Å². The Balaban J connectivity index is 1.80.